The molecule has 0 bridgehead atoms. The summed E-state index contributed by atoms with van der Waals surface area (Å²) in [7, 11) is -3.79. The fourth-order valence-electron chi connectivity index (χ4n) is 3.83. The van der Waals surface area contributed by atoms with Gasteiger partial charge in [-0.15, -0.1) is 0 Å². The van der Waals surface area contributed by atoms with Crippen LogP contribution in [0.4, 0.5) is 0 Å². The third kappa shape index (κ3) is 3.65. The van der Waals surface area contributed by atoms with Crippen molar-refractivity contribution in [1.82, 2.24) is 9.71 Å². The van der Waals surface area contributed by atoms with Crippen molar-refractivity contribution in [3.8, 4) is 0 Å². The Balaban J connectivity index is 1.89. The summed E-state index contributed by atoms with van der Waals surface area (Å²) in [5.41, 5.74) is 2.17. The van der Waals surface area contributed by atoms with Gasteiger partial charge in [0.05, 0.1) is 10.8 Å². The van der Waals surface area contributed by atoms with Crippen LogP contribution in [0.2, 0.25) is 0 Å². The van der Waals surface area contributed by atoms with Crippen molar-refractivity contribution in [3.05, 3.63) is 35.2 Å². The molecule has 0 spiro atoms. The van der Waals surface area contributed by atoms with Gasteiger partial charge < -0.3 is 5.11 Å². The minimum Gasteiger partial charge on any atom is -0.481 e. The summed E-state index contributed by atoms with van der Waals surface area (Å²) < 4.78 is 29.4. The number of carbonyl (C=O) groups is 1. The molecule has 28 heavy (non-hydrogen) atoms. The zero-order valence-electron chi connectivity index (χ0n) is 16.4. The topological polar surface area (TPSA) is 96.4 Å². The molecule has 2 aromatic rings. The van der Waals surface area contributed by atoms with Crippen molar-refractivity contribution in [1.29, 1.82) is 0 Å². The second kappa shape index (κ2) is 6.52. The molecule has 0 saturated heterocycles. The van der Waals surface area contributed by atoms with E-state index in [1.165, 1.54) is 0 Å². The molecule has 2 N–H and O–H groups in total. The number of fused-ring (bicyclic) bond motifs is 2. The molecule has 2 aliphatic rings. The number of rotatable bonds is 5. The summed E-state index contributed by atoms with van der Waals surface area (Å²) in [4.78, 5) is 16.3. The van der Waals surface area contributed by atoms with E-state index >= 15 is 0 Å². The van der Waals surface area contributed by atoms with E-state index in [4.69, 9.17) is 0 Å². The van der Waals surface area contributed by atoms with Crippen molar-refractivity contribution in [2.45, 2.75) is 57.3 Å². The van der Waals surface area contributed by atoms with Gasteiger partial charge in [0.1, 0.15) is 0 Å². The van der Waals surface area contributed by atoms with Gasteiger partial charge in [-0.05, 0) is 54.4 Å². The number of sulfonamides is 1. The van der Waals surface area contributed by atoms with Crippen molar-refractivity contribution in [3.63, 3.8) is 0 Å². The molecule has 4 rings (SSSR count). The van der Waals surface area contributed by atoms with E-state index in [0.717, 1.165) is 29.5 Å². The van der Waals surface area contributed by atoms with Crippen LogP contribution in [0.1, 0.15) is 56.4 Å². The second-order valence-electron chi connectivity index (χ2n) is 9.28. The maximum atomic E-state index is 13.3. The highest BCUT2D eigenvalue weighted by Gasteiger charge is 2.35. The number of carboxylic acids is 1. The van der Waals surface area contributed by atoms with Crippen LogP contribution in [0.5, 0.6) is 0 Å². The standard InChI is InChI=1S/C21H26N2O4S/c1-21(2,3)11-23-28(26,27)19-16-8-14(20(24)25)6-13(16)7-15-10-22-18(9-17(15)19)12-4-5-12/h7,9-10,12,14,23H,4-6,8,11H2,1-3H3,(H,24,25). The predicted octanol–water partition coefficient (Wildman–Crippen LogP) is 3.24. The lowest BCUT2D eigenvalue weighted by Crippen LogP contribution is -2.33. The SMILES string of the molecule is CC(C)(C)CNS(=O)(=O)c1c2c(cc3cnc(C4CC4)cc13)CC(C(=O)O)C2. The molecule has 1 unspecified atom stereocenters. The highest BCUT2D eigenvalue weighted by atomic mass is 32.2. The minimum atomic E-state index is -3.79. The van der Waals surface area contributed by atoms with Crippen LogP contribution in [0.25, 0.3) is 10.8 Å². The number of aromatic nitrogens is 1. The van der Waals surface area contributed by atoms with E-state index in [-0.39, 0.29) is 16.7 Å². The Kier molecular flexibility index (Phi) is 4.50. The van der Waals surface area contributed by atoms with Crippen molar-refractivity contribution in [2.24, 2.45) is 11.3 Å². The lowest BCUT2D eigenvalue weighted by Gasteiger charge is -2.21. The van der Waals surface area contributed by atoms with Gasteiger partial charge in [-0.3, -0.25) is 9.78 Å². The summed E-state index contributed by atoms with van der Waals surface area (Å²) >= 11 is 0. The molecule has 1 atom stereocenters. The van der Waals surface area contributed by atoms with Crippen molar-refractivity contribution >= 4 is 26.8 Å². The number of nitrogens with zero attached hydrogens (tertiary/aromatic N) is 1. The summed E-state index contributed by atoms with van der Waals surface area (Å²) in [6, 6.07) is 3.81. The number of hydrogen-bond acceptors (Lipinski definition) is 4. The second-order valence-corrected chi connectivity index (χ2v) is 11.0. The van der Waals surface area contributed by atoms with Gasteiger partial charge in [0.15, 0.2) is 0 Å². The smallest absolute Gasteiger partial charge is 0.307 e. The quantitative estimate of drug-likeness (QED) is 0.800. The first-order valence-corrected chi connectivity index (χ1v) is 11.2. The number of benzene rings is 1. The van der Waals surface area contributed by atoms with Crippen molar-refractivity contribution < 1.29 is 18.3 Å². The monoisotopic (exact) mass is 402 g/mol. The maximum absolute atomic E-state index is 13.3. The molecule has 7 heteroatoms. The molecule has 2 aliphatic carbocycles. The zero-order chi connectivity index (χ0) is 20.3. The molecule has 1 saturated carbocycles. The first kappa shape index (κ1) is 19.3. The first-order valence-electron chi connectivity index (χ1n) is 9.72. The molecule has 0 radical (unpaired) electrons. The third-order valence-electron chi connectivity index (χ3n) is 5.51. The van der Waals surface area contributed by atoms with Gasteiger partial charge >= 0.3 is 5.97 Å². The average molecular weight is 403 g/mol. The Morgan fingerprint density at radius 2 is 1.96 bits per heavy atom. The van der Waals surface area contributed by atoms with Gasteiger partial charge in [0, 0.05) is 35.1 Å². The maximum Gasteiger partial charge on any atom is 0.307 e. The van der Waals surface area contributed by atoms with Crippen LogP contribution in [0.15, 0.2) is 23.2 Å². The van der Waals surface area contributed by atoms with E-state index in [0.29, 0.717) is 29.8 Å². The van der Waals surface area contributed by atoms with Gasteiger partial charge in [-0.25, -0.2) is 13.1 Å². The molecule has 6 nitrogen and oxygen atoms in total. The van der Waals surface area contributed by atoms with Gasteiger partial charge in [-0.1, -0.05) is 20.8 Å². The van der Waals surface area contributed by atoms with Crippen LogP contribution < -0.4 is 4.72 Å². The van der Waals surface area contributed by atoms with Crippen LogP contribution >= 0.6 is 0 Å². The van der Waals surface area contributed by atoms with E-state index < -0.39 is 21.9 Å². The van der Waals surface area contributed by atoms with Gasteiger partial charge in [-0.2, -0.15) is 0 Å². The van der Waals surface area contributed by atoms with Crippen LogP contribution in [0, 0.1) is 11.3 Å². The molecule has 1 aromatic carbocycles. The summed E-state index contributed by atoms with van der Waals surface area (Å²) in [5, 5.41) is 10.9. The average Bonchev–Trinajstić information content (AvgIpc) is 3.36. The largest absolute Gasteiger partial charge is 0.481 e. The normalized spacial score (nSPS) is 19.8. The summed E-state index contributed by atoms with van der Waals surface area (Å²) in [6.45, 7) is 6.22. The van der Waals surface area contributed by atoms with Crippen LogP contribution in [-0.4, -0.2) is 31.0 Å². The zero-order valence-corrected chi connectivity index (χ0v) is 17.3. The Morgan fingerprint density at radius 1 is 1.25 bits per heavy atom. The van der Waals surface area contributed by atoms with E-state index in [9.17, 15) is 18.3 Å². The lowest BCUT2D eigenvalue weighted by atomic mass is 9.98. The molecule has 0 amide bonds. The van der Waals surface area contributed by atoms with Crippen molar-refractivity contribution in [2.75, 3.05) is 6.54 Å². The number of aliphatic carboxylic acids is 1. The molecule has 1 heterocycles. The van der Waals surface area contributed by atoms with E-state index in [2.05, 4.69) is 9.71 Å². The van der Waals surface area contributed by atoms with E-state index in [1.807, 2.05) is 32.9 Å². The first-order chi connectivity index (χ1) is 13.0. The molecule has 1 fully saturated rings. The number of pyridine rings is 1. The Bertz CT molecular complexity index is 1070. The number of carboxylic acid groups (broad SMARTS) is 1. The molecular formula is C21H26N2O4S. The van der Waals surface area contributed by atoms with Crippen LogP contribution in [0.3, 0.4) is 0 Å². The fraction of sp³-hybridized carbons (Fsp3) is 0.524. The van der Waals surface area contributed by atoms with Gasteiger partial charge in [0.25, 0.3) is 0 Å². The molecule has 1 aromatic heterocycles. The summed E-state index contributed by atoms with van der Waals surface area (Å²) in [6.07, 6.45) is 4.49. The third-order valence-corrected chi connectivity index (χ3v) is 7.04. The Labute approximate surface area is 165 Å². The predicted molar refractivity (Wildman–Crippen MR) is 107 cm³/mol. The molecule has 150 valence electrons. The molecule has 0 aliphatic heterocycles. The highest BCUT2D eigenvalue weighted by Crippen LogP contribution is 2.42. The molecular weight excluding hydrogens is 376 g/mol. The van der Waals surface area contributed by atoms with E-state index in [1.54, 1.807) is 6.20 Å². The fourth-order valence-corrected chi connectivity index (χ4v) is 5.61. The number of hydrogen-bond donors (Lipinski definition) is 2. The minimum absolute atomic E-state index is 0.203. The van der Waals surface area contributed by atoms with Gasteiger partial charge in [0.2, 0.25) is 10.0 Å². The number of nitrogens with one attached hydrogen (secondary N) is 1. The Hall–Kier alpha value is -1.99. The highest BCUT2D eigenvalue weighted by molar-refractivity contribution is 7.89. The lowest BCUT2D eigenvalue weighted by molar-refractivity contribution is -0.141. The Morgan fingerprint density at radius 3 is 2.57 bits per heavy atom. The summed E-state index contributed by atoms with van der Waals surface area (Å²) in [5.74, 6) is -1.06. The van der Waals surface area contributed by atoms with Crippen LogP contribution in [-0.2, 0) is 27.7 Å².